The number of carbonyl (C=O) groups excluding carboxylic acids is 1. The first-order chi connectivity index (χ1) is 11.7. The van der Waals surface area contributed by atoms with Gasteiger partial charge in [-0.2, -0.15) is 0 Å². The maximum absolute atomic E-state index is 12.2. The van der Waals surface area contributed by atoms with Gasteiger partial charge in [-0.15, -0.1) is 5.10 Å². The normalized spacial score (nSPS) is 10.9. The number of hydrogen-bond donors (Lipinski definition) is 1. The molecule has 7 nitrogen and oxygen atoms in total. The van der Waals surface area contributed by atoms with Crippen LogP contribution in [0.3, 0.4) is 0 Å². The summed E-state index contributed by atoms with van der Waals surface area (Å²) in [6, 6.07) is 9.69. The third-order valence-electron chi connectivity index (χ3n) is 3.75. The lowest BCUT2D eigenvalue weighted by Crippen LogP contribution is -2.26. The second kappa shape index (κ2) is 7.18. The third-order valence-corrected chi connectivity index (χ3v) is 3.75. The first-order valence-corrected chi connectivity index (χ1v) is 7.75. The molecule has 0 saturated carbocycles. The molecular formula is C17H19N5O2. The summed E-state index contributed by atoms with van der Waals surface area (Å²) in [5.74, 6) is -0.225. The summed E-state index contributed by atoms with van der Waals surface area (Å²) < 4.78 is 6.62. The Morgan fingerprint density at radius 3 is 3.04 bits per heavy atom. The molecular weight excluding hydrogens is 306 g/mol. The van der Waals surface area contributed by atoms with E-state index in [1.54, 1.807) is 18.0 Å². The summed E-state index contributed by atoms with van der Waals surface area (Å²) in [7, 11) is 1.64. The average Bonchev–Trinajstić information content (AvgIpc) is 2.99. The molecule has 1 aromatic carbocycles. The van der Waals surface area contributed by atoms with E-state index in [-0.39, 0.29) is 5.91 Å². The van der Waals surface area contributed by atoms with Crippen LogP contribution in [0, 0.1) is 6.92 Å². The molecule has 24 heavy (non-hydrogen) atoms. The van der Waals surface area contributed by atoms with Gasteiger partial charge < -0.3 is 10.1 Å². The van der Waals surface area contributed by atoms with Gasteiger partial charge in [0.1, 0.15) is 0 Å². The fraction of sp³-hybridized carbons (Fsp3) is 0.294. The number of fused-ring (bicyclic) bond motifs is 1. The molecule has 124 valence electrons. The van der Waals surface area contributed by atoms with E-state index in [0.29, 0.717) is 24.5 Å². The zero-order valence-electron chi connectivity index (χ0n) is 13.7. The van der Waals surface area contributed by atoms with Crippen LogP contribution >= 0.6 is 0 Å². The fourth-order valence-electron chi connectivity index (χ4n) is 2.48. The number of amides is 1. The molecule has 0 unspecified atom stereocenters. The van der Waals surface area contributed by atoms with Crippen LogP contribution < -0.4 is 5.32 Å². The number of nitrogens with zero attached hydrogens (tertiary/aromatic N) is 4. The highest BCUT2D eigenvalue weighted by molar-refractivity contribution is 5.93. The third kappa shape index (κ3) is 3.26. The van der Waals surface area contributed by atoms with Gasteiger partial charge in [-0.25, -0.2) is 4.68 Å². The number of nitrogens with one attached hydrogen (secondary N) is 1. The Bertz CT molecular complexity index is 859. The van der Waals surface area contributed by atoms with Gasteiger partial charge in [0.15, 0.2) is 5.69 Å². The largest absolute Gasteiger partial charge is 0.385 e. The van der Waals surface area contributed by atoms with Crippen molar-refractivity contribution in [1.29, 1.82) is 0 Å². The molecule has 0 radical (unpaired) electrons. The van der Waals surface area contributed by atoms with Crippen molar-refractivity contribution in [3.8, 4) is 5.69 Å². The van der Waals surface area contributed by atoms with E-state index in [9.17, 15) is 4.79 Å². The minimum atomic E-state index is -0.225. The van der Waals surface area contributed by atoms with Crippen LogP contribution in [0.5, 0.6) is 0 Å². The molecule has 0 aliphatic heterocycles. The Labute approximate surface area is 139 Å². The van der Waals surface area contributed by atoms with Gasteiger partial charge in [0, 0.05) is 31.8 Å². The molecule has 0 bridgehead atoms. The maximum atomic E-state index is 12.2. The Kier molecular flexibility index (Phi) is 4.81. The molecule has 1 N–H and O–H groups in total. The predicted molar refractivity (Wildman–Crippen MR) is 90.2 cm³/mol. The lowest BCUT2D eigenvalue weighted by Gasteiger charge is -2.06. The van der Waals surface area contributed by atoms with E-state index in [4.69, 9.17) is 4.74 Å². The van der Waals surface area contributed by atoms with Crippen LogP contribution in [0.1, 0.15) is 22.6 Å². The summed E-state index contributed by atoms with van der Waals surface area (Å²) >= 11 is 0. The highest BCUT2D eigenvalue weighted by atomic mass is 16.5. The molecule has 0 saturated heterocycles. The van der Waals surface area contributed by atoms with Crippen molar-refractivity contribution in [2.24, 2.45) is 0 Å². The SMILES string of the molecule is COCCCNC(=O)c1nnn(-c2ccc3ncccc3c2)c1C. The van der Waals surface area contributed by atoms with Crippen LogP contribution in [0.25, 0.3) is 16.6 Å². The van der Waals surface area contributed by atoms with Gasteiger partial charge in [0.05, 0.1) is 16.9 Å². The lowest BCUT2D eigenvalue weighted by atomic mass is 10.2. The van der Waals surface area contributed by atoms with Gasteiger partial charge in [-0.05, 0) is 37.6 Å². The van der Waals surface area contributed by atoms with Crippen molar-refractivity contribution >= 4 is 16.8 Å². The van der Waals surface area contributed by atoms with Crippen molar-refractivity contribution in [3.05, 3.63) is 47.9 Å². The topological polar surface area (TPSA) is 81.9 Å². The van der Waals surface area contributed by atoms with Crippen LogP contribution in [0.4, 0.5) is 0 Å². The molecule has 7 heteroatoms. The zero-order valence-corrected chi connectivity index (χ0v) is 13.7. The Balaban J connectivity index is 1.82. The summed E-state index contributed by atoms with van der Waals surface area (Å²) in [5.41, 5.74) is 2.79. The van der Waals surface area contributed by atoms with Crippen molar-refractivity contribution in [2.75, 3.05) is 20.3 Å². The number of pyridine rings is 1. The second-order valence-electron chi connectivity index (χ2n) is 5.42. The van der Waals surface area contributed by atoms with Crippen molar-refractivity contribution in [3.63, 3.8) is 0 Å². The number of hydrogen-bond acceptors (Lipinski definition) is 5. The van der Waals surface area contributed by atoms with Crippen molar-refractivity contribution in [2.45, 2.75) is 13.3 Å². The Morgan fingerprint density at radius 1 is 1.33 bits per heavy atom. The molecule has 0 fully saturated rings. The summed E-state index contributed by atoms with van der Waals surface area (Å²) in [5, 5.41) is 12.0. The number of rotatable bonds is 6. The van der Waals surface area contributed by atoms with E-state index < -0.39 is 0 Å². The molecule has 3 aromatic rings. The molecule has 0 spiro atoms. The Hall–Kier alpha value is -2.80. The zero-order chi connectivity index (χ0) is 16.9. The molecule has 2 heterocycles. The number of benzene rings is 1. The summed E-state index contributed by atoms with van der Waals surface area (Å²) in [6.07, 6.45) is 2.52. The molecule has 3 rings (SSSR count). The number of carbonyl (C=O) groups is 1. The van der Waals surface area contributed by atoms with E-state index in [0.717, 1.165) is 23.0 Å². The van der Waals surface area contributed by atoms with Gasteiger partial charge in [-0.3, -0.25) is 9.78 Å². The number of ether oxygens (including phenoxy) is 1. The van der Waals surface area contributed by atoms with E-state index in [1.807, 2.05) is 37.3 Å². The first-order valence-electron chi connectivity index (χ1n) is 7.75. The van der Waals surface area contributed by atoms with Crippen molar-refractivity contribution < 1.29 is 9.53 Å². The summed E-state index contributed by atoms with van der Waals surface area (Å²) in [4.78, 5) is 16.5. The molecule has 0 aliphatic carbocycles. The van der Waals surface area contributed by atoms with Gasteiger partial charge in [0.25, 0.3) is 5.91 Å². The smallest absolute Gasteiger partial charge is 0.273 e. The van der Waals surface area contributed by atoms with Crippen LogP contribution in [0.15, 0.2) is 36.5 Å². The number of methoxy groups -OCH3 is 1. The second-order valence-corrected chi connectivity index (χ2v) is 5.42. The minimum absolute atomic E-state index is 0.225. The monoisotopic (exact) mass is 325 g/mol. The lowest BCUT2D eigenvalue weighted by molar-refractivity contribution is 0.0943. The van der Waals surface area contributed by atoms with E-state index in [2.05, 4.69) is 20.6 Å². The average molecular weight is 325 g/mol. The van der Waals surface area contributed by atoms with Gasteiger partial charge >= 0.3 is 0 Å². The highest BCUT2D eigenvalue weighted by Crippen LogP contribution is 2.18. The quantitative estimate of drug-likeness (QED) is 0.700. The number of aromatic nitrogens is 4. The van der Waals surface area contributed by atoms with Gasteiger partial charge in [-0.1, -0.05) is 11.3 Å². The fourth-order valence-corrected chi connectivity index (χ4v) is 2.48. The highest BCUT2D eigenvalue weighted by Gasteiger charge is 2.17. The molecule has 0 atom stereocenters. The molecule has 1 amide bonds. The van der Waals surface area contributed by atoms with Gasteiger partial charge in [0.2, 0.25) is 0 Å². The maximum Gasteiger partial charge on any atom is 0.273 e. The van der Waals surface area contributed by atoms with Crippen LogP contribution in [0.2, 0.25) is 0 Å². The van der Waals surface area contributed by atoms with Crippen LogP contribution in [-0.4, -0.2) is 46.1 Å². The Morgan fingerprint density at radius 2 is 2.21 bits per heavy atom. The standard InChI is InChI=1S/C17H19N5O2/c1-12-16(17(23)19-9-4-10-24-2)20-21-22(12)14-6-7-15-13(11-14)5-3-8-18-15/h3,5-8,11H,4,9-10H2,1-2H3,(H,19,23). The molecule has 2 aromatic heterocycles. The minimum Gasteiger partial charge on any atom is -0.385 e. The first kappa shape index (κ1) is 16.1. The summed E-state index contributed by atoms with van der Waals surface area (Å²) in [6.45, 7) is 2.98. The van der Waals surface area contributed by atoms with Crippen molar-refractivity contribution in [1.82, 2.24) is 25.3 Å². The predicted octanol–water partition coefficient (Wildman–Crippen LogP) is 1.89. The molecule has 0 aliphatic rings. The van der Waals surface area contributed by atoms with E-state index >= 15 is 0 Å². The van der Waals surface area contributed by atoms with Crippen LogP contribution in [-0.2, 0) is 4.74 Å². The van der Waals surface area contributed by atoms with E-state index in [1.165, 1.54) is 0 Å².